The van der Waals surface area contributed by atoms with Crippen LogP contribution in [0.15, 0.2) is 0 Å². The minimum Gasteiger partial charge on any atom is -0.330 e. The van der Waals surface area contributed by atoms with Crippen molar-refractivity contribution in [2.24, 2.45) is 17.6 Å². The summed E-state index contributed by atoms with van der Waals surface area (Å²) in [5, 5.41) is 3.68. The van der Waals surface area contributed by atoms with E-state index in [1.54, 1.807) is 0 Å². The van der Waals surface area contributed by atoms with E-state index in [-0.39, 0.29) is 0 Å². The van der Waals surface area contributed by atoms with E-state index in [0.29, 0.717) is 0 Å². The van der Waals surface area contributed by atoms with Crippen LogP contribution in [0.5, 0.6) is 0 Å². The molecule has 0 bridgehead atoms. The summed E-state index contributed by atoms with van der Waals surface area (Å²) in [6.07, 6.45) is 8.57. The quantitative estimate of drug-likeness (QED) is 0.679. The van der Waals surface area contributed by atoms with Crippen LogP contribution in [0.25, 0.3) is 0 Å². The van der Waals surface area contributed by atoms with E-state index in [1.165, 1.54) is 38.5 Å². The Morgan fingerprint density at radius 1 is 1.08 bits per heavy atom. The van der Waals surface area contributed by atoms with Crippen LogP contribution in [-0.4, -0.2) is 19.1 Å². The molecule has 2 rings (SSSR count). The summed E-state index contributed by atoms with van der Waals surface area (Å²) in [5.74, 6) is 1.73. The van der Waals surface area contributed by atoms with E-state index in [9.17, 15) is 0 Å². The third-order valence-electron chi connectivity index (χ3n) is 3.86. The zero-order valence-electron chi connectivity index (χ0n) is 8.47. The smallest absolute Gasteiger partial charge is 0.00955 e. The average molecular weight is 182 g/mol. The van der Waals surface area contributed by atoms with E-state index < -0.39 is 0 Å². The van der Waals surface area contributed by atoms with Crippen LogP contribution in [0.4, 0.5) is 0 Å². The van der Waals surface area contributed by atoms with Crippen LogP contribution in [0.3, 0.4) is 0 Å². The van der Waals surface area contributed by atoms with Gasteiger partial charge in [0.2, 0.25) is 0 Å². The molecule has 1 aliphatic heterocycles. The molecule has 2 unspecified atom stereocenters. The van der Waals surface area contributed by atoms with Gasteiger partial charge in [-0.15, -0.1) is 0 Å². The van der Waals surface area contributed by atoms with Gasteiger partial charge in [-0.1, -0.05) is 12.8 Å². The second-order valence-electron chi connectivity index (χ2n) is 4.74. The first-order valence-electron chi connectivity index (χ1n) is 5.83. The molecule has 2 heteroatoms. The van der Waals surface area contributed by atoms with Crippen LogP contribution in [0.2, 0.25) is 0 Å². The van der Waals surface area contributed by atoms with Crippen molar-refractivity contribution < 1.29 is 0 Å². The van der Waals surface area contributed by atoms with Crippen molar-refractivity contribution in [3.05, 3.63) is 0 Å². The van der Waals surface area contributed by atoms with E-state index in [1.807, 2.05) is 0 Å². The number of nitrogens with one attached hydrogen (secondary N) is 1. The Morgan fingerprint density at radius 3 is 2.38 bits per heavy atom. The minimum absolute atomic E-state index is 0.748. The maximum Gasteiger partial charge on any atom is 0.00955 e. The first-order chi connectivity index (χ1) is 6.40. The van der Waals surface area contributed by atoms with Gasteiger partial charge in [-0.2, -0.15) is 0 Å². The molecule has 0 aromatic heterocycles. The van der Waals surface area contributed by atoms with E-state index in [4.69, 9.17) is 5.73 Å². The lowest BCUT2D eigenvalue weighted by molar-refractivity contribution is 0.250. The van der Waals surface area contributed by atoms with Gasteiger partial charge in [0.25, 0.3) is 0 Å². The second kappa shape index (κ2) is 4.43. The Balaban J connectivity index is 1.77. The normalized spacial score (nSPS) is 36.7. The topological polar surface area (TPSA) is 38.0 Å². The Morgan fingerprint density at radius 2 is 1.85 bits per heavy atom. The highest BCUT2D eigenvalue weighted by atomic mass is 14.9. The van der Waals surface area contributed by atoms with Crippen molar-refractivity contribution in [3.63, 3.8) is 0 Å². The number of hydrogen-bond acceptors (Lipinski definition) is 2. The fraction of sp³-hybridized carbons (Fsp3) is 1.00. The molecule has 0 aromatic rings. The molecule has 2 atom stereocenters. The van der Waals surface area contributed by atoms with E-state index in [0.717, 1.165) is 31.0 Å². The van der Waals surface area contributed by atoms with Gasteiger partial charge in [0, 0.05) is 6.04 Å². The average Bonchev–Trinajstić information content (AvgIpc) is 2.71. The predicted molar refractivity (Wildman–Crippen MR) is 55.5 cm³/mol. The first-order valence-corrected chi connectivity index (χ1v) is 5.83. The molecular formula is C11H22N2. The zero-order valence-corrected chi connectivity index (χ0v) is 8.47. The van der Waals surface area contributed by atoms with Gasteiger partial charge in [-0.25, -0.2) is 0 Å². The molecule has 1 heterocycles. The number of nitrogens with two attached hydrogens (primary N) is 1. The SMILES string of the molecule is NCC1CCC(C2CCCC2)NC1. The Labute approximate surface area is 81.3 Å². The van der Waals surface area contributed by atoms with Gasteiger partial charge < -0.3 is 11.1 Å². The molecule has 0 spiro atoms. The summed E-state index contributed by atoms with van der Waals surface area (Å²) in [4.78, 5) is 0. The first kappa shape index (κ1) is 9.47. The van der Waals surface area contributed by atoms with Crippen LogP contribution in [-0.2, 0) is 0 Å². The summed E-state index contributed by atoms with van der Waals surface area (Å²) in [6.45, 7) is 2.03. The maximum absolute atomic E-state index is 5.66. The minimum atomic E-state index is 0.748. The largest absolute Gasteiger partial charge is 0.330 e. The lowest BCUT2D eigenvalue weighted by Crippen LogP contribution is -2.44. The molecule has 1 aliphatic carbocycles. The fourth-order valence-corrected chi connectivity index (χ4v) is 2.90. The number of rotatable bonds is 2. The van der Waals surface area contributed by atoms with Crippen LogP contribution < -0.4 is 11.1 Å². The summed E-state index contributed by atoms with van der Waals surface area (Å²) >= 11 is 0. The standard InChI is InChI=1S/C11H22N2/c12-7-9-5-6-11(13-8-9)10-3-1-2-4-10/h9-11,13H,1-8,12H2. The van der Waals surface area contributed by atoms with Gasteiger partial charge in [-0.3, -0.25) is 0 Å². The molecule has 3 N–H and O–H groups in total. The fourth-order valence-electron chi connectivity index (χ4n) is 2.90. The molecule has 13 heavy (non-hydrogen) atoms. The number of hydrogen-bond donors (Lipinski definition) is 2. The van der Waals surface area contributed by atoms with Crippen LogP contribution >= 0.6 is 0 Å². The summed E-state index contributed by atoms with van der Waals surface area (Å²) in [6, 6.07) is 0.824. The van der Waals surface area contributed by atoms with E-state index >= 15 is 0 Å². The third kappa shape index (κ3) is 2.23. The second-order valence-corrected chi connectivity index (χ2v) is 4.74. The highest BCUT2D eigenvalue weighted by Gasteiger charge is 2.28. The van der Waals surface area contributed by atoms with Crippen LogP contribution in [0.1, 0.15) is 38.5 Å². The zero-order chi connectivity index (χ0) is 9.10. The van der Waals surface area contributed by atoms with Crippen molar-refractivity contribution in [1.29, 1.82) is 0 Å². The lowest BCUT2D eigenvalue weighted by Gasteiger charge is -2.32. The van der Waals surface area contributed by atoms with Gasteiger partial charge in [0.15, 0.2) is 0 Å². The highest BCUT2D eigenvalue weighted by Crippen LogP contribution is 2.31. The van der Waals surface area contributed by atoms with Gasteiger partial charge in [0.1, 0.15) is 0 Å². The van der Waals surface area contributed by atoms with Crippen LogP contribution in [0, 0.1) is 11.8 Å². The lowest BCUT2D eigenvalue weighted by atomic mass is 9.87. The van der Waals surface area contributed by atoms with Crippen molar-refractivity contribution >= 4 is 0 Å². The van der Waals surface area contributed by atoms with Crippen molar-refractivity contribution in [1.82, 2.24) is 5.32 Å². The van der Waals surface area contributed by atoms with Crippen molar-refractivity contribution in [2.75, 3.05) is 13.1 Å². The van der Waals surface area contributed by atoms with Crippen molar-refractivity contribution in [2.45, 2.75) is 44.6 Å². The number of piperidine rings is 1. The Kier molecular flexibility index (Phi) is 3.23. The van der Waals surface area contributed by atoms with Gasteiger partial charge in [0.05, 0.1) is 0 Å². The Hall–Kier alpha value is -0.0800. The van der Waals surface area contributed by atoms with Gasteiger partial charge in [-0.05, 0) is 50.6 Å². The molecule has 0 aromatic carbocycles. The summed E-state index contributed by atoms with van der Waals surface area (Å²) in [7, 11) is 0. The molecule has 0 amide bonds. The highest BCUT2D eigenvalue weighted by molar-refractivity contribution is 4.85. The summed E-state index contributed by atoms with van der Waals surface area (Å²) < 4.78 is 0. The van der Waals surface area contributed by atoms with E-state index in [2.05, 4.69) is 5.32 Å². The molecular weight excluding hydrogens is 160 g/mol. The maximum atomic E-state index is 5.66. The monoisotopic (exact) mass is 182 g/mol. The molecule has 1 saturated carbocycles. The van der Waals surface area contributed by atoms with Crippen molar-refractivity contribution in [3.8, 4) is 0 Å². The third-order valence-corrected chi connectivity index (χ3v) is 3.86. The molecule has 2 fully saturated rings. The molecule has 76 valence electrons. The van der Waals surface area contributed by atoms with Gasteiger partial charge >= 0.3 is 0 Å². The molecule has 0 radical (unpaired) electrons. The molecule has 2 nitrogen and oxygen atoms in total. The molecule has 1 saturated heterocycles. The molecule has 2 aliphatic rings. The predicted octanol–water partition coefficient (Wildman–Crippen LogP) is 1.50. The summed E-state index contributed by atoms with van der Waals surface area (Å²) in [5.41, 5.74) is 5.66. The Bertz CT molecular complexity index is 144.